The van der Waals surface area contributed by atoms with Gasteiger partial charge in [-0.25, -0.2) is 4.99 Å². The third-order valence-electron chi connectivity index (χ3n) is 3.75. The summed E-state index contributed by atoms with van der Waals surface area (Å²) in [4.78, 5) is 8.69. The maximum Gasteiger partial charge on any atom is 0.222 e. The van der Waals surface area contributed by atoms with Crippen molar-refractivity contribution >= 4 is 23.2 Å². The van der Waals surface area contributed by atoms with Gasteiger partial charge in [0.1, 0.15) is 0 Å². The molecule has 1 unspecified atom stereocenters. The molecule has 1 atom stereocenters. The van der Waals surface area contributed by atoms with Gasteiger partial charge in [0, 0.05) is 28.5 Å². The Morgan fingerprint density at radius 3 is 2.48 bits per heavy atom. The minimum absolute atomic E-state index is 0.231. The SMILES string of the molecule is Clc1ccc2c(c1)C(c1ccccc1)OC(c1ccncc1)=N2. The summed E-state index contributed by atoms with van der Waals surface area (Å²) < 4.78 is 6.20. The van der Waals surface area contributed by atoms with Gasteiger partial charge in [0.15, 0.2) is 6.10 Å². The van der Waals surface area contributed by atoms with Gasteiger partial charge in [0.2, 0.25) is 5.90 Å². The Morgan fingerprint density at radius 1 is 0.913 bits per heavy atom. The zero-order valence-electron chi connectivity index (χ0n) is 12.2. The quantitative estimate of drug-likeness (QED) is 0.670. The molecule has 2 heterocycles. The van der Waals surface area contributed by atoms with Crippen LogP contribution >= 0.6 is 11.6 Å². The van der Waals surface area contributed by atoms with Crippen LogP contribution in [0.15, 0.2) is 78.0 Å². The third kappa shape index (κ3) is 2.71. The van der Waals surface area contributed by atoms with E-state index in [-0.39, 0.29) is 6.10 Å². The van der Waals surface area contributed by atoms with Gasteiger partial charge in [-0.1, -0.05) is 41.9 Å². The number of fused-ring (bicyclic) bond motifs is 1. The van der Waals surface area contributed by atoms with E-state index in [4.69, 9.17) is 16.3 Å². The Morgan fingerprint density at radius 2 is 1.70 bits per heavy atom. The fourth-order valence-electron chi connectivity index (χ4n) is 2.65. The van der Waals surface area contributed by atoms with E-state index in [9.17, 15) is 0 Å². The van der Waals surface area contributed by atoms with Crippen molar-refractivity contribution in [3.63, 3.8) is 0 Å². The monoisotopic (exact) mass is 320 g/mol. The molecule has 23 heavy (non-hydrogen) atoms. The number of benzene rings is 2. The second-order valence-electron chi connectivity index (χ2n) is 5.26. The molecule has 4 rings (SSSR count). The highest BCUT2D eigenvalue weighted by Crippen LogP contribution is 2.39. The summed E-state index contributed by atoms with van der Waals surface area (Å²) in [6.07, 6.45) is 3.23. The molecule has 1 aliphatic heterocycles. The lowest BCUT2D eigenvalue weighted by Gasteiger charge is -2.26. The van der Waals surface area contributed by atoms with E-state index < -0.39 is 0 Å². The second kappa shape index (κ2) is 5.86. The normalized spacial score (nSPS) is 16.2. The number of pyridine rings is 1. The zero-order chi connectivity index (χ0) is 15.6. The van der Waals surface area contributed by atoms with Crippen molar-refractivity contribution in [2.75, 3.05) is 0 Å². The van der Waals surface area contributed by atoms with Gasteiger partial charge in [-0.05, 0) is 35.9 Å². The molecule has 2 aromatic carbocycles. The van der Waals surface area contributed by atoms with E-state index in [1.54, 1.807) is 12.4 Å². The number of nitrogens with zero attached hydrogens (tertiary/aromatic N) is 2. The van der Waals surface area contributed by atoms with Crippen LogP contribution in [0.25, 0.3) is 0 Å². The van der Waals surface area contributed by atoms with Crippen LogP contribution in [0.2, 0.25) is 5.02 Å². The summed E-state index contributed by atoms with van der Waals surface area (Å²) in [5, 5.41) is 0.677. The van der Waals surface area contributed by atoms with Gasteiger partial charge >= 0.3 is 0 Å². The summed E-state index contributed by atoms with van der Waals surface area (Å²) >= 11 is 6.17. The van der Waals surface area contributed by atoms with Crippen LogP contribution in [0.5, 0.6) is 0 Å². The summed E-state index contributed by atoms with van der Waals surface area (Å²) in [6, 6.07) is 19.6. The lowest BCUT2D eigenvalue weighted by molar-refractivity contribution is 0.229. The van der Waals surface area contributed by atoms with Crippen LogP contribution in [0, 0.1) is 0 Å². The van der Waals surface area contributed by atoms with Gasteiger partial charge in [-0.15, -0.1) is 0 Å². The third-order valence-corrected chi connectivity index (χ3v) is 3.99. The highest BCUT2D eigenvalue weighted by atomic mass is 35.5. The molecule has 1 aromatic heterocycles. The Hall–Kier alpha value is -2.65. The highest BCUT2D eigenvalue weighted by Gasteiger charge is 2.26. The molecule has 0 aliphatic carbocycles. The maximum atomic E-state index is 6.20. The van der Waals surface area contributed by atoms with Crippen molar-refractivity contribution in [1.29, 1.82) is 0 Å². The van der Waals surface area contributed by atoms with Crippen molar-refractivity contribution in [3.8, 4) is 0 Å². The van der Waals surface area contributed by atoms with Crippen molar-refractivity contribution < 1.29 is 4.74 Å². The predicted molar refractivity (Wildman–Crippen MR) is 91.3 cm³/mol. The van der Waals surface area contributed by atoms with Crippen molar-refractivity contribution in [2.24, 2.45) is 4.99 Å². The molecule has 0 N–H and O–H groups in total. The fraction of sp³-hybridized carbons (Fsp3) is 0.0526. The molecule has 3 aromatic rings. The second-order valence-corrected chi connectivity index (χ2v) is 5.70. The Labute approximate surface area is 139 Å². The first-order valence-electron chi connectivity index (χ1n) is 7.31. The first kappa shape index (κ1) is 14.0. The van der Waals surface area contributed by atoms with E-state index in [1.165, 1.54) is 0 Å². The van der Waals surface area contributed by atoms with Crippen molar-refractivity contribution in [1.82, 2.24) is 4.98 Å². The molecule has 4 heteroatoms. The van der Waals surface area contributed by atoms with Crippen LogP contribution < -0.4 is 0 Å². The molecule has 1 aliphatic rings. The summed E-state index contributed by atoms with van der Waals surface area (Å²) in [7, 11) is 0. The lowest BCUT2D eigenvalue weighted by Crippen LogP contribution is -2.18. The van der Waals surface area contributed by atoms with E-state index in [2.05, 4.69) is 9.98 Å². The number of halogens is 1. The number of hydrogen-bond donors (Lipinski definition) is 0. The molecule has 0 amide bonds. The standard InChI is InChI=1S/C19H13ClN2O/c20-15-6-7-17-16(12-15)18(13-4-2-1-3-5-13)23-19(22-17)14-8-10-21-11-9-14/h1-12,18H. The zero-order valence-corrected chi connectivity index (χ0v) is 12.9. The Bertz CT molecular complexity index is 863. The van der Waals surface area contributed by atoms with Gasteiger partial charge < -0.3 is 4.74 Å². The Balaban J connectivity index is 1.86. The minimum Gasteiger partial charge on any atom is -0.464 e. The molecule has 112 valence electrons. The number of aromatic nitrogens is 1. The van der Waals surface area contributed by atoms with E-state index in [1.807, 2.05) is 60.7 Å². The maximum absolute atomic E-state index is 6.20. The average Bonchev–Trinajstić information content (AvgIpc) is 2.62. The van der Waals surface area contributed by atoms with Crippen LogP contribution in [0.4, 0.5) is 5.69 Å². The first-order valence-corrected chi connectivity index (χ1v) is 7.69. The van der Waals surface area contributed by atoms with E-state index in [0.29, 0.717) is 10.9 Å². The van der Waals surface area contributed by atoms with Gasteiger partial charge in [-0.2, -0.15) is 0 Å². The molecule has 0 bridgehead atoms. The van der Waals surface area contributed by atoms with Crippen LogP contribution in [-0.2, 0) is 4.74 Å². The highest BCUT2D eigenvalue weighted by molar-refractivity contribution is 6.30. The largest absolute Gasteiger partial charge is 0.464 e. The van der Waals surface area contributed by atoms with Crippen LogP contribution in [0.1, 0.15) is 22.8 Å². The molecule has 0 spiro atoms. The molecule has 3 nitrogen and oxygen atoms in total. The topological polar surface area (TPSA) is 34.5 Å². The minimum atomic E-state index is -0.231. The lowest BCUT2D eigenvalue weighted by atomic mass is 9.98. The van der Waals surface area contributed by atoms with E-state index in [0.717, 1.165) is 22.4 Å². The molecule has 0 fully saturated rings. The van der Waals surface area contributed by atoms with Gasteiger partial charge in [0.25, 0.3) is 0 Å². The van der Waals surface area contributed by atoms with Gasteiger partial charge in [-0.3, -0.25) is 4.98 Å². The fourth-order valence-corrected chi connectivity index (χ4v) is 2.83. The van der Waals surface area contributed by atoms with E-state index >= 15 is 0 Å². The summed E-state index contributed by atoms with van der Waals surface area (Å²) in [5.41, 5.74) is 3.82. The number of aliphatic imine (C=N–C) groups is 1. The molecule has 0 saturated carbocycles. The summed E-state index contributed by atoms with van der Waals surface area (Å²) in [5.74, 6) is 0.594. The molecular weight excluding hydrogens is 308 g/mol. The summed E-state index contributed by atoms with van der Waals surface area (Å²) in [6.45, 7) is 0. The number of rotatable bonds is 2. The van der Waals surface area contributed by atoms with Crippen LogP contribution in [0.3, 0.4) is 0 Å². The molecular formula is C19H13ClN2O. The molecule has 0 radical (unpaired) electrons. The number of hydrogen-bond acceptors (Lipinski definition) is 3. The smallest absolute Gasteiger partial charge is 0.222 e. The van der Waals surface area contributed by atoms with Crippen molar-refractivity contribution in [3.05, 3.63) is 94.8 Å². The van der Waals surface area contributed by atoms with Crippen LogP contribution in [-0.4, -0.2) is 10.9 Å². The Kier molecular flexibility index (Phi) is 3.56. The number of ether oxygens (including phenoxy) is 1. The molecule has 0 saturated heterocycles. The average molecular weight is 321 g/mol. The predicted octanol–water partition coefficient (Wildman–Crippen LogP) is 4.93. The first-order chi connectivity index (χ1) is 11.3. The van der Waals surface area contributed by atoms with Gasteiger partial charge in [0.05, 0.1) is 5.69 Å². The van der Waals surface area contributed by atoms with Crippen molar-refractivity contribution in [2.45, 2.75) is 6.10 Å².